The monoisotopic (exact) mass is 396 g/mol. The van der Waals surface area contributed by atoms with Gasteiger partial charge < -0.3 is 19.9 Å². The summed E-state index contributed by atoms with van der Waals surface area (Å²) in [5.74, 6) is 0.0266. The van der Waals surface area contributed by atoms with Crippen LogP contribution in [0.5, 0.6) is 0 Å². The number of carbonyl (C=O) groups is 3. The fourth-order valence-corrected chi connectivity index (χ4v) is 3.01. The van der Waals surface area contributed by atoms with Gasteiger partial charge in [-0.3, -0.25) is 9.59 Å². The number of nitrogens with zero attached hydrogens (tertiary/aromatic N) is 3. The van der Waals surface area contributed by atoms with Crippen LogP contribution in [0.2, 0.25) is 0 Å². The van der Waals surface area contributed by atoms with Crippen molar-refractivity contribution in [1.29, 1.82) is 0 Å². The van der Waals surface area contributed by atoms with Crippen molar-refractivity contribution in [1.82, 2.24) is 15.2 Å². The first-order chi connectivity index (χ1) is 14.0. The second-order valence-corrected chi connectivity index (χ2v) is 6.74. The summed E-state index contributed by atoms with van der Waals surface area (Å²) in [5.41, 5.74) is 1.24. The number of esters is 1. The quantitative estimate of drug-likeness (QED) is 0.739. The van der Waals surface area contributed by atoms with Crippen LogP contribution in [0.25, 0.3) is 0 Å². The number of hydrogen-bond donors (Lipinski definition) is 1. The molecule has 1 aliphatic heterocycles. The summed E-state index contributed by atoms with van der Waals surface area (Å²) < 4.78 is 5.17. The van der Waals surface area contributed by atoms with Gasteiger partial charge in [-0.2, -0.15) is 0 Å². The molecular weight excluding hydrogens is 372 g/mol. The van der Waals surface area contributed by atoms with Crippen molar-refractivity contribution in [2.45, 2.75) is 13.5 Å². The van der Waals surface area contributed by atoms with E-state index >= 15 is 0 Å². The van der Waals surface area contributed by atoms with E-state index in [9.17, 15) is 14.4 Å². The van der Waals surface area contributed by atoms with Crippen LogP contribution in [0.4, 0.5) is 5.82 Å². The number of benzene rings is 1. The predicted octanol–water partition coefficient (Wildman–Crippen LogP) is 1.22. The van der Waals surface area contributed by atoms with Crippen molar-refractivity contribution in [3.8, 4) is 0 Å². The Kier molecular flexibility index (Phi) is 6.78. The van der Waals surface area contributed by atoms with Gasteiger partial charge in [0.15, 0.2) is 6.61 Å². The smallest absolute Gasteiger partial charge is 0.338 e. The number of rotatable bonds is 6. The van der Waals surface area contributed by atoms with Crippen LogP contribution in [0.15, 0.2) is 48.7 Å². The second kappa shape index (κ2) is 9.68. The lowest BCUT2D eigenvalue weighted by Crippen LogP contribution is -2.50. The van der Waals surface area contributed by atoms with Gasteiger partial charge >= 0.3 is 5.97 Å². The third-order valence-corrected chi connectivity index (χ3v) is 4.66. The molecule has 29 heavy (non-hydrogen) atoms. The normalized spacial score (nSPS) is 13.7. The first kappa shape index (κ1) is 20.3. The molecule has 0 unspecified atom stereocenters. The standard InChI is InChI=1S/C21H24N4O4/c1-16(26)23-14-17-5-7-18(8-6-17)21(28)29-15-20(27)25-12-10-24(11-13-25)19-4-2-3-9-22-19/h2-9H,10-15H2,1H3,(H,23,26). The Morgan fingerprint density at radius 2 is 1.76 bits per heavy atom. The molecule has 0 radical (unpaired) electrons. The van der Waals surface area contributed by atoms with Gasteiger partial charge in [-0.25, -0.2) is 9.78 Å². The first-order valence-corrected chi connectivity index (χ1v) is 9.47. The van der Waals surface area contributed by atoms with Crippen molar-refractivity contribution < 1.29 is 19.1 Å². The number of aromatic nitrogens is 1. The molecule has 8 heteroatoms. The molecule has 2 heterocycles. The second-order valence-electron chi connectivity index (χ2n) is 6.74. The van der Waals surface area contributed by atoms with Crippen LogP contribution in [-0.2, 0) is 20.9 Å². The first-order valence-electron chi connectivity index (χ1n) is 9.47. The summed E-state index contributed by atoms with van der Waals surface area (Å²) in [6, 6.07) is 12.5. The maximum absolute atomic E-state index is 12.4. The third kappa shape index (κ3) is 5.78. The molecule has 0 spiro atoms. The van der Waals surface area contributed by atoms with Crippen LogP contribution in [0, 0.1) is 0 Å². The molecule has 0 atom stereocenters. The third-order valence-electron chi connectivity index (χ3n) is 4.66. The highest BCUT2D eigenvalue weighted by Gasteiger charge is 2.22. The average molecular weight is 396 g/mol. The zero-order valence-electron chi connectivity index (χ0n) is 16.3. The van der Waals surface area contributed by atoms with E-state index < -0.39 is 5.97 Å². The van der Waals surface area contributed by atoms with Gasteiger partial charge in [0.2, 0.25) is 5.91 Å². The van der Waals surface area contributed by atoms with Crippen molar-refractivity contribution in [3.05, 3.63) is 59.8 Å². The number of carbonyl (C=O) groups excluding carboxylic acids is 3. The molecule has 3 rings (SSSR count). The number of anilines is 1. The Morgan fingerprint density at radius 3 is 2.38 bits per heavy atom. The van der Waals surface area contributed by atoms with E-state index in [1.165, 1.54) is 6.92 Å². The zero-order valence-corrected chi connectivity index (χ0v) is 16.3. The number of pyridine rings is 1. The van der Waals surface area contributed by atoms with Crippen molar-refractivity contribution in [2.75, 3.05) is 37.7 Å². The molecule has 2 amide bonds. The minimum atomic E-state index is -0.545. The Bertz CT molecular complexity index is 847. The van der Waals surface area contributed by atoms with Gasteiger partial charge in [-0.15, -0.1) is 0 Å². The lowest BCUT2D eigenvalue weighted by Gasteiger charge is -2.35. The molecule has 2 aromatic rings. The minimum Gasteiger partial charge on any atom is -0.452 e. The summed E-state index contributed by atoms with van der Waals surface area (Å²) in [6.07, 6.45) is 1.75. The van der Waals surface area contributed by atoms with Gasteiger partial charge in [-0.1, -0.05) is 18.2 Å². The SMILES string of the molecule is CC(=O)NCc1ccc(C(=O)OCC(=O)N2CCN(c3ccccn3)CC2)cc1. The molecule has 1 aromatic heterocycles. The number of hydrogen-bond acceptors (Lipinski definition) is 6. The Balaban J connectivity index is 1.43. The van der Waals surface area contributed by atoms with E-state index in [0.717, 1.165) is 11.4 Å². The number of nitrogens with one attached hydrogen (secondary N) is 1. The Labute approximate surface area is 169 Å². The lowest BCUT2D eigenvalue weighted by atomic mass is 10.1. The highest BCUT2D eigenvalue weighted by atomic mass is 16.5. The summed E-state index contributed by atoms with van der Waals surface area (Å²) in [4.78, 5) is 43.6. The zero-order chi connectivity index (χ0) is 20.6. The summed E-state index contributed by atoms with van der Waals surface area (Å²) in [7, 11) is 0. The van der Waals surface area contributed by atoms with Crippen molar-refractivity contribution >= 4 is 23.6 Å². The van der Waals surface area contributed by atoms with Gasteiger partial charge in [0.05, 0.1) is 5.56 Å². The van der Waals surface area contributed by atoms with Gasteiger partial charge in [0.1, 0.15) is 5.82 Å². The molecular formula is C21H24N4O4. The number of amides is 2. The van der Waals surface area contributed by atoms with Gasteiger partial charge in [0, 0.05) is 45.8 Å². The largest absolute Gasteiger partial charge is 0.452 e. The number of ether oxygens (including phenoxy) is 1. The van der Waals surface area contributed by atoms with Crippen molar-refractivity contribution in [2.24, 2.45) is 0 Å². The predicted molar refractivity (Wildman–Crippen MR) is 107 cm³/mol. The lowest BCUT2D eigenvalue weighted by molar-refractivity contribution is -0.134. The van der Waals surface area contributed by atoms with E-state index in [0.29, 0.717) is 38.3 Å². The van der Waals surface area contributed by atoms with Crippen LogP contribution >= 0.6 is 0 Å². The van der Waals surface area contributed by atoms with Crippen LogP contribution in [0.3, 0.4) is 0 Å². The molecule has 8 nitrogen and oxygen atoms in total. The molecule has 1 N–H and O–H groups in total. The maximum atomic E-state index is 12.4. The fourth-order valence-electron chi connectivity index (χ4n) is 3.01. The average Bonchev–Trinajstić information content (AvgIpc) is 2.77. The molecule has 0 bridgehead atoms. The maximum Gasteiger partial charge on any atom is 0.338 e. The van der Waals surface area contributed by atoms with E-state index in [-0.39, 0.29) is 18.4 Å². The highest BCUT2D eigenvalue weighted by molar-refractivity contribution is 5.91. The summed E-state index contributed by atoms with van der Waals surface area (Å²) in [5, 5.41) is 2.69. The van der Waals surface area contributed by atoms with E-state index in [1.807, 2.05) is 18.2 Å². The summed E-state index contributed by atoms with van der Waals surface area (Å²) in [6.45, 7) is 4.05. The van der Waals surface area contributed by atoms with E-state index in [1.54, 1.807) is 35.4 Å². The fraction of sp³-hybridized carbons (Fsp3) is 0.333. The topological polar surface area (TPSA) is 91.8 Å². The van der Waals surface area contributed by atoms with Crippen LogP contribution in [0.1, 0.15) is 22.8 Å². The van der Waals surface area contributed by atoms with Gasteiger partial charge in [0.25, 0.3) is 5.91 Å². The molecule has 0 aliphatic carbocycles. The highest BCUT2D eigenvalue weighted by Crippen LogP contribution is 2.13. The van der Waals surface area contributed by atoms with E-state index in [4.69, 9.17) is 4.74 Å². The molecule has 1 fully saturated rings. The molecule has 1 aliphatic rings. The van der Waals surface area contributed by atoms with Crippen LogP contribution < -0.4 is 10.2 Å². The minimum absolute atomic E-state index is 0.118. The molecule has 1 aromatic carbocycles. The Hall–Kier alpha value is -3.42. The summed E-state index contributed by atoms with van der Waals surface area (Å²) >= 11 is 0. The molecule has 152 valence electrons. The van der Waals surface area contributed by atoms with E-state index in [2.05, 4.69) is 15.2 Å². The number of piperazine rings is 1. The van der Waals surface area contributed by atoms with Crippen molar-refractivity contribution in [3.63, 3.8) is 0 Å². The Morgan fingerprint density at radius 1 is 1.03 bits per heavy atom. The molecule has 1 saturated heterocycles. The van der Waals surface area contributed by atoms with Crippen LogP contribution in [-0.4, -0.2) is 60.5 Å². The molecule has 0 saturated carbocycles. The van der Waals surface area contributed by atoms with Gasteiger partial charge in [-0.05, 0) is 29.8 Å².